The van der Waals surface area contributed by atoms with Crippen LogP contribution >= 0.6 is 0 Å². The number of aliphatic hydroxyl groups excluding tert-OH is 1. The number of hydrogen-bond donors (Lipinski definition) is 3. The van der Waals surface area contributed by atoms with E-state index in [0.29, 0.717) is 37.7 Å². The molecule has 3 fully saturated rings. The molecule has 0 bridgehead atoms. The number of urea groups is 1. The second-order valence-corrected chi connectivity index (χ2v) is 11.0. The number of halogens is 3. The highest BCUT2D eigenvalue weighted by atomic mass is 19.4. The lowest BCUT2D eigenvalue weighted by molar-refractivity contribution is -0.143. The number of ether oxygens (including phenoxy) is 1. The smallest absolute Gasteiger partial charge is 0.389 e. The number of aromatic nitrogens is 1. The summed E-state index contributed by atoms with van der Waals surface area (Å²) < 4.78 is 43.9. The van der Waals surface area contributed by atoms with Crippen molar-refractivity contribution in [3.8, 4) is 11.1 Å². The molecule has 2 saturated heterocycles. The largest absolute Gasteiger partial charge is 0.394 e. The van der Waals surface area contributed by atoms with Crippen molar-refractivity contribution in [2.75, 3.05) is 61.5 Å². The van der Waals surface area contributed by atoms with E-state index in [-0.39, 0.29) is 18.7 Å². The molecule has 2 aromatic rings. The second kappa shape index (κ2) is 11.2. The van der Waals surface area contributed by atoms with Gasteiger partial charge in [-0.05, 0) is 79.5 Å². The van der Waals surface area contributed by atoms with E-state index in [1.165, 1.54) is 4.90 Å². The number of aryl methyl sites for hydroxylation is 1. The fraction of sp³-hybridized carbons (Fsp3) is 0.571. The Labute approximate surface area is 226 Å². The summed E-state index contributed by atoms with van der Waals surface area (Å²) >= 11 is 0. The van der Waals surface area contributed by atoms with Crippen LogP contribution in [0.25, 0.3) is 11.1 Å². The third-order valence-electron chi connectivity index (χ3n) is 8.05. The molecular formula is C28H36F3N5O3. The summed E-state index contributed by atoms with van der Waals surface area (Å²) in [4.78, 5) is 21.4. The van der Waals surface area contributed by atoms with Gasteiger partial charge in [-0.25, -0.2) is 9.78 Å². The molecule has 1 aromatic carbocycles. The van der Waals surface area contributed by atoms with E-state index in [9.17, 15) is 23.1 Å². The van der Waals surface area contributed by atoms with Crippen molar-refractivity contribution < 1.29 is 27.8 Å². The highest BCUT2D eigenvalue weighted by Crippen LogP contribution is 2.37. The molecule has 39 heavy (non-hydrogen) atoms. The highest BCUT2D eigenvalue weighted by molar-refractivity contribution is 5.91. The minimum Gasteiger partial charge on any atom is -0.394 e. The molecule has 3 heterocycles. The Kier molecular flexibility index (Phi) is 7.91. The Hall–Kier alpha value is -3.05. The Balaban J connectivity index is 1.38. The molecule has 3 N–H and O–H groups in total. The van der Waals surface area contributed by atoms with Crippen molar-refractivity contribution in [2.24, 2.45) is 5.92 Å². The maximum Gasteiger partial charge on any atom is 0.389 e. The van der Waals surface area contributed by atoms with Gasteiger partial charge in [0.05, 0.1) is 25.4 Å². The minimum atomic E-state index is -4.23. The number of carbonyl (C=O) groups is 1. The van der Waals surface area contributed by atoms with Gasteiger partial charge >= 0.3 is 12.2 Å². The molecule has 2 amide bonds. The molecule has 3 aliphatic rings. The number of alkyl halides is 3. The molecule has 1 unspecified atom stereocenters. The van der Waals surface area contributed by atoms with Crippen molar-refractivity contribution in [1.82, 2.24) is 9.88 Å². The standard InChI is InChI=1S/C28H36F3N5O3/c1-19-3-4-22(32-26(38)36-8-5-20(17-36)16-28(29,30)31)15-23(19)21-13-24(34-27(18-37)6-2-7-27)33-25(14-21)35-9-11-39-12-10-35/h3-4,13-15,20,37H,2,5-12,16-18H2,1H3,(H,32,38)(H,33,34). The van der Waals surface area contributed by atoms with Crippen LogP contribution in [0.15, 0.2) is 30.3 Å². The van der Waals surface area contributed by atoms with E-state index in [2.05, 4.69) is 15.5 Å². The normalized spacial score (nSPS) is 21.0. The first-order valence-corrected chi connectivity index (χ1v) is 13.6. The number of rotatable bonds is 7. The molecular weight excluding hydrogens is 511 g/mol. The molecule has 212 valence electrons. The van der Waals surface area contributed by atoms with Crippen LogP contribution in [0.1, 0.15) is 37.7 Å². The van der Waals surface area contributed by atoms with Crippen LogP contribution in [0, 0.1) is 12.8 Å². The molecule has 1 aromatic heterocycles. The molecule has 0 spiro atoms. The Morgan fingerprint density at radius 3 is 2.62 bits per heavy atom. The molecule has 0 radical (unpaired) electrons. The van der Waals surface area contributed by atoms with E-state index >= 15 is 0 Å². The van der Waals surface area contributed by atoms with Crippen LogP contribution in [-0.2, 0) is 4.74 Å². The summed E-state index contributed by atoms with van der Waals surface area (Å²) in [5.74, 6) is 0.931. The lowest BCUT2D eigenvalue weighted by atomic mass is 9.77. The summed E-state index contributed by atoms with van der Waals surface area (Å²) in [5, 5.41) is 16.4. The summed E-state index contributed by atoms with van der Waals surface area (Å²) in [6.07, 6.45) is -1.94. The predicted molar refractivity (Wildman–Crippen MR) is 144 cm³/mol. The number of benzene rings is 1. The van der Waals surface area contributed by atoms with Crippen LogP contribution in [0.4, 0.5) is 35.3 Å². The number of nitrogens with one attached hydrogen (secondary N) is 2. The minimum absolute atomic E-state index is 0.0344. The first-order valence-electron chi connectivity index (χ1n) is 13.6. The quantitative estimate of drug-likeness (QED) is 0.451. The first-order chi connectivity index (χ1) is 18.6. The number of carbonyl (C=O) groups excluding carboxylic acids is 1. The summed E-state index contributed by atoms with van der Waals surface area (Å²) in [6.45, 7) is 5.12. The first kappa shape index (κ1) is 27.5. The lowest BCUT2D eigenvalue weighted by Crippen LogP contribution is -2.48. The third kappa shape index (κ3) is 6.58. The summed E-state index contributed by atoms with van der Waals surface area (Å²) in [5.41, 5.74) is 3.05. The number of pyridine rings is 1. The third-order valence-corrected chi connectivity index (χ3v) is 8.05. The summed E-state index contributed by atoms with van der Waals surface area (Å²) in [7, 11) is 0. The van der Waals surface area contributed by atoms with Gasteiger partial charge in [-0.2, -0.15) is 13.2 Å². The fourth-order valence-electron chi connectivity index (χ4n) is 5.61. The zero-order valence-corrected chi connectivity index (χ0v) is 22.2. The van der Waals surface area contributed by atoms with E-state index in [1.54, 1.807) is 6.07 Å². The number of nitrogens with zero attached hydrogens (tertiary/aromatic N) is 3. The van der Waals surface area contributed by atoms with E-state index < -0.39 is 24.5 Å². The van der Waals surface area contributed by atoms with Gasteiger partial charge in [0.15, 0.2) is 0 Å². The number of amides is 2. The molecule has 1 atom stereocenters. The van der Waals surface area contributed by atoms with Gasteiger partial charge in [-0.3, -0.25) is 0 Å². The number of aliphatic hydroxyl groups is 1. The van der Waals surface area contributed by atoms with Gasteiger partial charge in [-0.15, -0.1) is 0 Å². The topological polar surface area (TPSA) is 90.0 Å². The van der Waals surface area contributed by atoms with Crippen LogP contribution in [0.5, 0.6) is 0 Å². The number of likely N-dealkylation sites (tertiary alicyclic amines) is 1. The Bertz CT molecular complexity index is 1180. The van der Waals surface area contributed by atoms with Crippen molar-refractivity contribution >= 4 is 23.4 Å². The van der Waals surface area contributed by atoms with Crippen molar-refractivity contribution in [3.05, 3.63) is 35.9 Å². The Morgan fingerprint density at radius 2 is 1.95 bits per heavy atom. The monoisotopic (exact) mass is 547 g/mol. The molecule has 8 nitrogen and oxygen atoms in total. The van der Waals surface area contributed by atoms with Gasteiger partial charge < -0.3 is 30.3 Å². The average Bonchev–Trinajstić information content (AvgIpc) is 3.35. The van der Waals surface area contributed by atoms with Gasteiger partial charge in [0.2, 0.25) is 0 Å². The number of anilines is 3. The van der Waals surface area contributed by atoms with Crippen LogP contribution < -0.4 is 15.5 Å². The van der Waals surface area contributed by atoms with Crippen LogP contribution in [0.3, 0.4) is 0 Å². The Morgan fingerprint density at radius 1 is 1.18 bits per heavy atom. The SMILES string of the molecule is Cc1ccc(NC(=O)N2CCC(CC(F)(F)F)C2)cc1-c1cc(NC2(CO)CCC2)nc(N2CCOCC2)c1. The molecule has 1 aliphatic carbocycles. The molecule has 2 aliphatic heterocycles. The van der Waals surface area contributed by atoms with Gasteiger partial charge in [0, 0.05) is 38.3 Å². The van der Waals surface area contributed by atoms with Gasteiger partial charge in [0.1, 0.15) is 11.6 Å². The molecule has 11 heteroatoms. The van der Waals surface area contributed by atoms with E-state index in [4.69, 9.17) is 9.72 Å². The van der Waals surface area contributed by atoms with Crippen LogP contribution in [-0.4, -0.2) is 78.7 Å². The van der Waals surface area contributed by atoms with Crippen molar-refractivity contribution in [3.63, 3.8) is 0 Å². The maximum atomic E-state index is 12.9. The van der Waals surface area contributed by atoms with E-state index in [0.717, 1.165) is 54.9 Å². The van der Waals surface area contributed by atoms with Crippen LogP contribution in [0.2, 0.25) is 0 Å². The number of hydrogen-bond acceptors (Lipinski definition) is 6. The van der Waals surface area contributed by atoms with E-state index in [1.807, 2.05) is 31.2 Å². The highest BCUT2D eigenvalue weighted by Gasteiger charge is 2.37. The van der Waals surface area contributed by atoms with Crippen molar-refractivity contribution in [2.45, 2.75) is 50.7 Å². The van der Waals surface area contributed by atoms with Crippen molar-refractivity contribution in [1.29, 1.82) is 0 Å². The average molecular weight is 548 g/mol. The zero-order valence-electron chi connectivity index (χ0n) is 22.2. The zero-order chi connectivity index (χ0) is 27.6. The molecule has 1 saturated carbocycles. The molecule has 5 rings (SSSR count). The number of morpholine rings is 1. The maximum absolute atomic E-state index is 12.9. The summed E-state index contributed by atoms with van der Waals surface area (Å²) in [6, 6.07) is 9.22. The predicted octanol–water partition coefficient (Wildman–Crippen LogP) is 5.03. The lowest BCUT2D eigenvalue weighted by Gasteiger charge is -2.41. The van der Waals surface area contributed by atoms with Gasteiger partial charge in [-0.1, -0.05) is 6.07 Å². The fourth-order valence-corrected chi connectivity index (χ4v) is 5.61. The second-order valence-electron chi connectivity index (χ2n) is 11.0. The van der Waals surface area contributed by atoms with Gasteiger partial charge in [0.25, 0.3) is 0 Å².